The van der Waals surface area contributed by atoms with Gasteiger partial charge in [0.15, 0.2) is 5.13 Å². The first-order chi connectivity index (χ1) is 12.7. The van der Waals surface area contributed by atoms with E-state index in [9.17, 15) is 9.59 Å². The average Bonchev–Trinajstić information content (AvgIpc) is 3.18. The fraction of sp³-hybridized carbons (Fsp3) is 0.353. The maximum atomic E-state index is 12.2. The molecule has 26 heavy (non-hydrogen) atoms. The van der Waals surface area contributed by atoms with Crippen LogP contribution in [0.15, 0.2) is 29.6 Å². The van der Waals surface area contributed by atoms with E-state index in [0.29, 0.717) is 25.4 Å². The topological polar surface area (TPSA) is 92.8 Å². The Morgan fingerprint density at radius 3 is 2.58 bits per heavy atom. The zero-order valence-corrected chi connectivity index (χ0v) is 15.2. The first-order valence-corrected chi connectivity index (χ1v) is 9.02. The molecule has 1 aromatic heterocycles. The molecule has 0 atom stereocenters. The van der Waals surface area contributed by atoms with Gasteiger partial charge in [-0.1, -0.05) is 12.1 Å². The van der Waals surface area contributed by atoms with E-state index in [4.69, 9.17) is 9.47 Å². The van der Waals surface area contributed by atoms with Crippen molar-refractivity contribution >= 4 is 28.3 Å². The summed E-state index contributed by atoms with van der Waals surface area (Å²) in [7, 11) is 1.61. The Bertz CT molecular complexity index is 756. The van der Waals surface area contributed by atoms with Gasteiger partial charge >= 0.3 is 0 Å². The molecular weight excluding hydrogens is 356 g/mol. The molecule has 8 nitrogen and oxygen atoms in total. The Morgan fingerprint density at radius 1 is 1.19 bits per heavy atom. The van der Waals surface area contributed by atoms with Crippen LogP contribution in [0, 0.1) is 0 Å². The number of nitrogens with one attached hydrogen (secondary N) is 2. The van der Waals surface area contributed by atoms with Gasteiger partial charge in [0.1, 0.15) is 5.69 Å². The standard InChI is InChI=1S/C17H20N4O4S/c1-24-10-12-2-4-13(5-3-12)15(22)19-20-16(23)14-11-26-17(18-14)21-6-8-25-9-7-21/h2-5,11H,6-10H2,1H3,(H,19,22)(H,20,23). The predicted molar refractivity (Wildman–Crippen MR) is 97.2 cm³/mol. The molecule has 2 heterocycles. The molecule has 9 heteroatoms. The van der Waals surface area contributed by atoms with Crippen molar-refractivity contribution in [3.05, 3.63) is 46.5 Å². The van der Waals surface area contributed by atoms with Crippen molar-refractivity contribution in [3.8, 4) is 0 Å². The summed E-state index contributed by atoms with van der Waals surface area (Å²) in [6.45, 7) is 3.30. The minimum absolute atomic E-state index is 0.271. The number of rotatable bonds is 5. The molecule has 0 aliphatic carbocycles. The number of benzene rings is 1. The number of ether oxygens (including phenoxy) is 2. The molecule has 0 unspecified atom stereocenters. The summed E-state index contributed by atoms with van der Waals surface area (Å²) in [6.07, 6.45) is 0. The van der Waals surface area contributed by atoms with Gasteiger partial charge in [-0.25, -0.2) is 4.98 Å². The second-order valence-electron chi connectivity index (χ2n) is 5.65. The monoisotopic (exact) mass is 376 g/mol. The van der Waals surface area contributed by atoms with Crippen molar-refractivity contribution in [1.82, 2.24) is 15.8 Å². The van der Waals surface area contributed by atoms with Crippen LogP contribution in [-0.2, 0) is 16.1 Å². The second kappa shape index (κ2) is 8.75. The number of anilines is 1. The summed E-state index contributed by atoms with van der Waals surface area (Å²) in [4.78, 5) is 30.7. The largest absolute Gasteiger partial charge is 0.380 e. The molecule has 1 saturated heterocycles. The number of thiazole rings is 1. The predicted octanol–water partition coefficient (Wildman–Crippen LogP) is 1.20. The van der Waals surface area contributed by atoms with Gasteiger partial charge in [0, 0.05) is 31.1 Å². The molecule has 0 bridgehead atoms. The third-order valence-electron chi connectivity index (χ3n) is 3.82. The highest BCUT2D eigenvalue weighted by molar-refractivity contribution is 7.13. The average molecular weight is 376 g/mol. The highest BCUT2D eigenvalue weighted by Gasteiger charge is 2.18. The first-order valence-electron chi connectivity index (χ1n) is 8.14. The van der Waals surface area contributed by atoms with E-state index in [1.54, 1.807) is 36.8 Å². The van der Waals surface area contributed by atoms with E-state index in [-0.39, 0.29) is 5.69 Å². The van der Waals surface area contributed by atoms with Crippen LogP contribution in [-0.4, -0.2) is 50.2 Å². The maximum absolute atomic E-state index is 12.2. The zero-order chi connectivity index (χ0) is 18.4. The van der Waals surface area contributed by atoms with Gasteiger partial charge in [0.2, 0.25) is 0 Å². The first kappa shape index (κ1) is 18.3. The van der Waals surface area contributed by atoms with Gasteiger partial charge in [-0.05, 0) is 17.7 Å². The Morgan fingerprint density at radius 2 is 1.88 bits per heavy atom. The Hall–Kier alpha value is -2.49. The van der Waals surface area contributed by atoms with Crippen molar-refractivity contribution < 1.29 is 19.1 Å². The van der Waals surface area contributed by atoms with E-state index in [2.05, 4.69) is 20.7 Å². The number of hydrogen-bond acceptors (Lipinski definition) is 7. The van der Waals surface area contributed by atoms with Gasteiger partial charge in [-0.2, -0.15) is 0 Å². The molecule has 1 fully saturated rings. The van der Waals surface area contributed by atoms with Gasteiger partial charge in [0.25, 0.3) is 11.8 Å². The Kier molecular flexibility index (Phi) is 6.16. The molecule has 1 aromatic carbocycles. The third kappa shape index (κ3) is 4.57. The second-order valence-corrected chi connectivity index (χ2v) is 6.49. The van der Waals surface area contributed by atoms with Gasteiger partial charge in [-0.15, -0.1) is 11.3 Å². The molecule has 0 saturated carbocycles. The molecule has 1 aliphatic rings. The van der Waals surface area contributed by atoms with Crippen molar-refractivity contribution in [2.24, 2.45) is 0 Å². The Labute approximate surface area is 155 Å². The van der Waals surface area contributed by atoms with Gasteiger partial charge < -0.3 is 14.4 Å². The molecule has 0 spiro atoms. The number of carbonyl (C=O) groups excluding carboxylic acids is 2. The summed E-state index contributed by atoms with van der Waals surface area (Å²) < 4.78 is 10.3. The van der Waals surface area contributed by atoms with Crippen LogP contribution in [0.2, 0.25) is 0 Å². The lowest BCUT2D eigenvalue weighted by Crippen LogP contribution is -2.41. The summed E-state index contributed by atoms with van der Waals surface area (Å²) in [5.41, 5.74) is 6.47. The Balaban J connectivity index is 1.53. The maximum Gasteiger partial charge on any atom is 0.289 e. The molecular formula is C17H20N4O4S. The van der Waals surface area contributed by atoms with Crippen LogP contribution < -0.4 is 15.8 Å². The van der Waals surface area contributed by atoms with Gasteiger partial charge in [0.05, 0.1) is 19.8 Å². The minimum Gasteiger partial charge on any atom is -0.380 e. The van der Waals surface area contributed by atoms with E-state index in [0.717, 1.165) is 23.8 Å². The van der Waals surface area contributed by atoms with E-state index in [1.807, 2.05) is 0 Å². The number of morpholine rings is 1. The normalized spacial score (nSPS) is 14.1. The SMILES string of the molecule is COCc1ccc(C(=O)NNC(=O)c2csc(N3CCOCC3)n2)cc1. The van der Waals surface area contributed by atoms with Crippen LogP contribution in [0.4, 0.5) is 5.13 Å². The quantitative estimate of drug-likeness (QED) is 0.762. The summed E-state index contributed by atoms with van der Waals surface area (Å²) in [5, 5.41) is 2.45. The minimum atomic E-state index is -0.454. The van der Waals surface area contributed by atoms with Crippen molar-refractivity contribution in [1.29, 1.82) is 0 Å². The number of methoxy groups -OCH3 is 1. The molecule has 2 N–H and O–H groups in total. The molecule has 1 aliphatic heterocycles. The smallest absolute Gasteiger partial charge is 0.289 e. The van der Waals surface area contributed by atoms with E-state index in [1.165, 1.54) is 11.3 Å². The lowest BCUT2D eigenvalue weighted by atomic mass is 10.1. The third-order valence-corrected chi connectivity index (χ3v) is 4.72. The van der Waals surface area contributed by atoms with Crippen LogP contribution in [0.1, 0.15) is 26.4 Å². The molecule has 2 aromatic rings. The van der Waals surface area contributed by atoms with Crippen LogP contribution in [0.5, 0.6) is 0 Å². The molecule has 0 radical (unpaired) electrons. The van der Waals surface area contributed by atoms with E-state index < -0.39 is 11.8 Å². The van der Waals surface area contributed by atoms with Crippen molar-refractivity contribution in [3.63, 3.8) is 0 Å². The van der Waals surface area contributed by atoms with Gasteiger partial charge in [-0.3, -0.25) is 20.4 Å². The highest BCUT2D eigenvalue weighted by atomic mass is 32.1. The number of hydrogen-bond donors (Lipinski definition) is 2. The number of hydrazine groups is 1. The molecule has 138 valence electrons. The fourth-order valence-electron chi connectivity index (χ4n) is 2.44. The van der Waals surface area contributed by atoms with Crippen molar-refractivity contribution in [2.45, 2.75) is 6.61 Å². The number of carbonyl (C=O) groups is 2. The van der Waals surface area contributed by atoms with Crippen molar-refractivity contribution in [2.75, 3.05) is 38.3 Å². The number of amides is 2. The highest BCUT2D eigenvalue weighted by Crippen LogP contribution is 2.21. The van der Waals surface area contributed by atoms with Crippen LogP contribution in [0.25, 0.3) is 0 Å². The van der Waals surface area contributed by atoms with Crippen LogP contribution >= 0.6 is 11.3 Å². The fourth-order valence-corrected chi connectivity index (χ4v) is 3.30. The van der Waals surface area contributed by atoms with E-state index >= 15 is 0 Å². The summed E-state index contributed by atoms with van der Waals surface area (Å²) in [6, 6.07) is 6.95. The summed E-state index contributed by atoms with van der Waals surface area (Å²) >= 11 is 1.40. The number of nitrogens with zero attached hydrogens (tertiary/aromatic N) is 2. The lowest BCUT2D eigenvalue weighted by Gasteiger charge is -2.25. The summed E-state index contributed by atoms with van der Waals surface area (Å²) in [5.74, 6) is -0.851. The molecule has 2 amide bonds. The lowest BCUT2D eigenvalue weighted by molar-refractivity contribution is 0.0844. The van der Waals surface area contributed by atoms with Crippen LogP contribution in [0.3, 0.4) is 0 Å². The zero-order valence-electron chi connectivity index (χ0n) is 14.4. The molecule has 3 rings (SSSR count). The number of aromatic nitrogens is 1.